The van der Waals surface area contributed by atoms with Crippen LogP contribution >= 0.6 is 0 Å². The molecule has 6 heteroatoms. The van der Waals surface area contributed by atoms with Crippen molar-refractivity contribution in [2.45, 2.75) is 13.0 Å². The Balaban J connectivity index is 1.56. The van der Waals surface area contributed by atoms with Crippen molar-refractivity contribution in [3.63, 3.8) is 0 Å². The average molecular weight is 294 g/mol. The summed E-state index contributed by atoms with van der Waals surface area (Å²) >= 11 is 0. The van der Waals surface area contributed by atoms with Crippen molar-refractivity contribution >= 4 is 5.91 Å². The minimum atomic E-state index is -0.0881. The van der Waals surface area contributed by atoms with Crippen LogP contribution in [0.4, 0.5) is 0 Å². The summed E-state index contributed by atoms with van der Waals surface area (Å²) in [6, 6.07) is 13.1. The quantitative estimate of drug-likeness (QED) is 0.778. The summed E-state index contributed by atoms with van der Waals surface area (Å²) in [5, 5.41) is 6.65. The zero-order valence-electron chi connectivity index (χ0n) is 11.8. The SMILES string of the molecule is O=C(Cc1ccccc1)NCc1nc(-c2ccncc2)no1. The van der Waals surface area contributed by atoms with Gasteiger partial charge < -0.3 is 9.84 Å². The number of rotatable bonds is 5. The van der Waals surface area contributed by atoms with E-state index in [1.807, 2.05) is 30.3 Å². The van der Waals surface area contributed by atoms with Gasteiger partial charge in [-0.25, -0.2) is 0 Å². The Morgan fingerprint density at radius 1 is 1.09 bits per heavy atom. The molecule has 0 aliphatic rings. The standard InChI is InChI=1S/C16H14N4O2/c21-14(10-12-4-2-1-3-5-12)18-11-15-19-16(20-22-15)13-6-8-17-9-7-13/h1-9H,10-11H2,(H,18,21). The maximum Gasteiger partial charge on any atom is 0.246 e. The van der Waals surface area contributed by atoms with E-state index in [9.17, 15) is 4.79 Å². The number of hydrogen-bond acceptors (Lipinski definition) is 5. The molecule has 3 rings (SSSR count). The van der Waals surface area contributed by atoms with Gasteiger partial charge in [0, 0.05) is 18.0 Å². The van der Waals surface area contributed by atoms with Crippen LogP contribution in [0.3, 0.4) is 0 Å². The highest BCUT2D eigenvalue weighted by molar-refractivity contribution is 5.78. The van der Waals surface area contributed by atoms with Gasteiger partial charge in [0.15, 0.2) is 0 Å². The van der Waals surface area contributed by atoms with Crippen molar-refractivity contribution in [1.29, 1.82) is 0 Å². The highest BCUT2D eigenvalue weighted by Crippen LogP contribution is 2.13. The molecule has 0 aliphatic heterocycles. The van der Waals surface area contributed by atoms with Gasteiger partial charge in [-0.1, -0.05) is 35.5 Å². The lowest BCUT2D eigenvalue weighted by atomic mass is 10.1. The molecule has 0 atom stereocenters. The Morgan fingerprint density at radius 2 is 1.86 bits per heavy atom. The molecule has 0 fully saturated rings. The van der Waals surface area contributed by atoms with Crippen LogP contribution in [0.1, 0.15) is 11.5 Å². The van der Waals surface area contributed by atoms with Crippen molar-refractivity contribution in [2.75, 3.05) is 0 Å². The largest absolute Gasteiger partial charge is 0.347 e. The van der Waals surface area contributed by atoms with E-state index in [-0.39, 0.29) is 12.5 Å². The van der Waals surface area contributed by atoms with Crippen molar-refractivity contribution in [1.82, 2.24) is 20.4 Å². The fourth-order valence-electron chi connectivity index (χ4n) is 1.96. The van der Waals surface area contributed by atoms with Crippen LogP contribution in [0.25, 0.3) is 11.4 Å². The van der Waals surface area contributed by atoms with Crippen molar-refractivity contribution in [3.8, 4) is 11.4 Å². The van der Waals surface area contributed by atoms with Gasteiger partial charge in [0.25, 0.3) is 0 Å². The van der Waals surface area contributed by atoms with E-state index in [4.69, 9.17) is 4.52 Å². The summed E-state index contributed by atoms with van der Waals surface area (Å²) in [5.74, 6) is 0.762. The molecule has 6 nitrogen and oxygen atoms in total. The third-order valence-corrected chi connectivity index (χ3v) is 3.05. The first-order valence-corrected chi connectivity index (χ1v) is 6.85. The van der Waals surface area contributed by atoms with Gasteiger partial charge in [-0.3, -0.25) is 9.78 Å². The Kier molecular flexibility index (Phi) is 4.20. The lowest BCUT2D eigenvalue weighted by molar-refractivity contribution is -0.120. The number of pyridine rings is 1. The van der Waals surface area contributed by atoms with E-state index in [0.29, 0.717) is 18.1 Å². The molecule has 1 N–H and O–H groups in total. The smallest absolute Gasteiger partial charge is 0.246 e. The van der Waals surface area contributed by atoms with E-state index in [1.165, 1.54) is 0 Å². The molecular weight excluding hydrogens is 280 g/mol. The fourth-order valence-corrected chi connectivity index (χ4v) is 1.96. The zero-order chi connectivity index (χ0) is 15.2. The summed E-state index contributed by atoms with van der Waals surface area (Å²) in [4.78, 5) is 20.0. The molecule has 2 heterocycles. The van der Waals surface area contributed by atoms with E-state index in [1.54, 1.807) is 24.5 Å². The highest BCUT2D eigenvalue weighted by atomic mass is 16.5. The third kappa shape index (κ3) is 3.54. The topological polar surface area (TPSA) is 80.9 Å². The lowest BCUT2D eigenvalue weighted by Gasteiger charge is -2.02. The predicted molar refractivity (Wildman–Crippen MR) is 79.5 cm³/mol. The molecule has 0 radical (unpaired) electrons. The number of aromatic nitrogens is 3. The Labute approximate surface area is 127 Å². The van der Waals surface area contributed by atoms with Gasteiger partial charge in [0.2, 0.25) is 17.6 Å². The number of benzene rings is 1. The third-order valence-electron chi connectivity index (χ3n) is 3.05. The van der Waals surface area contributed by atoms with Gasteiger partial charge in [0.05, 0.1) is 13.0 Å². The minimum Gasteiger partial charge on any atom is -0.347 e. The number of nitrogens with zero attached hydrogens (tertiary/aromatic N) is 3. The number of amides is 1. The summed E-state index contributed by atoms with van der Waals surface area (Å²) in [5.41, 5.74) is 1.78. The maximum absolute atomic E-state index is 11.9. The molecule has 22 heavy (non-hydrogen) atoms. The first-order chi connectivity index (χ1) is 10.8. The molecule has 110 valence electrons. The molecule has 3 aromatic rings. The Bertz CT molecular complexity index is 741. The molecule has 2 aromatic heterocycles. The van der Waals surface area contributed by atoms with Crippen molar-refractivity contribution in [3.05, 3.63) is 66.3 Å². The van der Waals surface area contributed by atoms with Gasteiger partial charge in [-0.15, -0.1) is 0 Å². The van der Waals surface area contributed by atoms with Gasteiger partial charge >= 0.3 is 0 Å². The Morgan fingerprint density at radius 3 is 2.64 bits per heavy atom. The number of carbonyl (C=O) groups excluding carboxylic acids is 1. The van der Waals surface area contributed by atoms with E-state index < -0.39 is 0 Å². The average Bonchev–Trinajstić information content (AvgIpc) is 3.04. The number of hydrogen-bond donors (Lipinski definition) is 1. The van der Waals surface area contributed by atoms with Crippen LogP contribution in [0.5, 0.6) is 0 Å². The normalized spacial score (nSPS) is 10.4. The molecule has 0 aliphatic carbocycles. The zero-order valence-corrected chi connectivity index (χ0v) is 11.8. The predicted octanol–water partition coefficient (Wildman–Crippen LogP) is 1.99. The van der Waals surface area contributed by atoms with Crippen molar-refractivity contribution in [2.24, 2.45) is 0 Å². The minimum absolute atomic E-state index is 0.0881. The molecule has 0 bridgehead atoms. The van der Waals surface area contributed by atoms with Crippen LogP contribution < -0.4 is 5.32 Å². The first-order valence-electron chi connectivity index (χ1n) is 6.85. The second kappa shape index (κ2) is 6.62. The van der Waals surface area contributed by atoms with Gasteiger partial charge in [0.1, 0.15) is 0 Å². The molecule has 1 amide bonds. The lowest BCUT2D eigenvalue weighted by Crippen LogP contribution is -2.24. The van der Waals surface area contributed by atoms with Crippen LogP contribution in [0.2, 0.25) is 0 Å². The van der Waals surface area contributed by atoms with Crippen LogP contribution in [0.15, 0.2) is 59.4 Å². The highest BCUT2D eigenvalue weighted by Gasteiger charge is 2.10. The second-order valence-electron chi connectivity index (χ2n) is 4.69. The van der Waals surface area contributed by atoms with Crippen LogP contribution in [-0.2, 0) is 17.8 Å². The van der Waals surface area contributed by atoms with E-state index in [0.717, 1.165) is 11.1 Å². The molecule has 0 saturated heterocycles. The molecule has 0 spiro atoms. The monoisotopic (exact) mass is 294 g/mol. The second-order valence-corrected chi connectivity index (χ2v) is 4.69. The van der Waals surface area contributed by atoms with E-state index >= 15 is 0 Å². The first kappa shape index (κ1) is 13.9. The molecule has 0 saturated carbocycles. The van der Waals surface area contributed by atoms with Crippen molar-refractivity contribution < 1.29 is 9.32 Å². The van der Waals surface area contributed by atoms with E-state index in [2.05, 4.69) is 20.4 Å². The van der Waals surface area contributed by atoms with Crippen LogP contribution in [-0.4, -0.2) is 21.0 Å². The summed E-state index contributed by atoms with van der Waals surface area (Å²) in [6.07, 6.45) is 3.65. The molecular formula is C16H14N4O2. The number of carbonyl (C=O) groups is 1. The Hall–Kier alpha value is -3.02. The summed E-state index contributed by atoms with van der Waals surface area (Å²) in [6.45, 7) is 0.212. The maximum atomic E-state index is 11.9. The summed E-state index contributed by atoms with van der Waals surface area (Å²) in [7, 11) is 0. The van der Waals surface area contributed by atoms with Gasteiger partial charge in [-0.2, -0.15) is 4.98 Å². The fraction of sp³-hybridized carbons (Fsp3) is 0.125. The van der Waals surface area contributed by atoms with Gasteiger partial charge in [-0.05, 0) is 17.7 Å². The molecule has 1 aromatic carbocycles. The van der Waals surface area contributed by atoms with Crippen LogP contribution in [0, 0.1) is 0 Å². The number of nitrogens with one attached hydrogen (secondary N) is 1. The molecule has 0 unspecified atom stereocenters. The summed E-state index contributed by atoms with van der Waals surface area (Å²) < 4.78 is 5.12.